The Morgan fingerprint density at radius 2 is 1.39 bits per heavy atom. The van der Waals surface area contributed by atoms with E-state index < -0.39 is 0 Å². The van der Waals surface area contributed by atoms with Crippen molar-refractivity contribution < 1.29 is 38.3 Å². The third-order valence-corrected chi connectivity index (χ3v) is 7.00. The number of amides is 2. The molecule has 2 saturated heterocycles. The molecule has 0 saturated carbocycles. The average Bonchev–Trinajstić information content (AvgIpc) is 3.55. The van der Waals surface area contributed by atoms with E-state index in [0.29, 0.717) is 11.5 Å². The number of hydrogen-bond acceptors (Lipinski definition) is 6. The number of nitrogens with zero attached hydrogens (tertiary/aromatic N) is 1. The van der Waals surface area contributed by atoms with E-state index in [1.165, 1.54) is 20.3 Å². The van der Waals surface area contributed by atoms with E-state index in [-0.39, 0.29) is 44.4 Å². The number of carbonyl (C=O) groups is 2. The molecule has 2 amide bonds. The SMILES string of the molecule is O=C1C[C@@H]([NH+]2CC[NH+](Cc3ccc4c(c3)OCO4)CC2)C(=O)N1Cc1ccc2c(c1)OCO2. The largest absolute Gasteiger partial charge is 0.454 e. The molecule has 172 valence electrons. The fraction of sp³-hybridized carbons (Fsp3) is 0.417. The maximum absolute atomic E-state index is 13.1. The van der Waals surface area contributed by atoms with Gasteiger partial charge in [0.1, 0.15) is 32.7 Å². The number of piperazine rings is 1. The monoisotopic (exact) mass is 453 g/mol. The molecule has 0 radical (unpaired) electrons. The van der Waals surface area contributed by atoms with Crippen LogP contribution in [0.5, 0.6) is 23.0 Å². The van der Waals surface area contributed by atoms with Gasteiger partial charge in [-0.15, -0.1) is 0 Å². The number of fused-ring (bicyclic) bond motifs is 2. The summed E-state index contributed by atoms with van der Waals surface area (Å²) >= 11 is 0. The molecule has 0 aromatic heterocycles. The van der Waals surface area contributed by atoms with Gasteiger partial charge >= 0.3 is 0 Å². The van der Waals surface area contributed by atoms with Crippen LogP contribution in [0.15, 0.2) is 36.4 Å². The van der Waals surface area contributed by atoms with Crippen LogP contribution in [0, 0.1) is 0 Å². The smallest absolute Gasteiger partial charge is 0.288 e. The summed E-state index contributed by atoms with van der Waals surface area (Å²) in [5.41, 5.74) is 2.09. The summed E-state index contributed by atoms with van der Waals surface area (Å²) in [5.74, 6) is 2.82. The van der Waals surface area contributed by atoms with Crippen molar-refractivity contribution >= 4 is 11.8 Å². The second kappa shape index (κ2) is 8.24. The number of likely N-dealkylation sites (tertiary alicyclic amines) is 1. The van der Waals surface area contributed by atoms with Crippen LogP contribution in [0.2, 0.25) is 0 Å². The molecular formula is C24H27N3O6+2. The Bertz CT molecular complexity index is 1100. The van der Waals surface area contributed by atoms with Crippen LogP contribution < -0.4 is 28.7 Å². The van der Waals surface area contributed by atoms with E-state index >= 15 is 0 Å². The van der Waals surface area contributed by atoms with Crippen LogP contribution >= 0.6 is 0 Å². The van der Waals surface area contributed by atoms with Crippen LogP contribution in [0.1, 0.15) is 17.5 Å². The highest BCUT2D eigenvalue weighted by atomic mass is 16.7. The van der Waals surface area contributed by atoms with Crippen molar-refractivity contribution in [1.29, 1.82) is 0 Å². The maximum Gasteiger partial charge on any atom is 0.288 e. The number of nitrogens with one attached hydrogen (secondary N) is 2. The van der Waals surface area contributed by atoms with Crippen LogP contribution in [-0.4, -0.2) is 62.5 Å². The first-order chi connectivity index (χ1) is 16.1. The average molecular weight is 453 g/mol. The van der Waals surface area contributed by atoms with Crippen LogP contribution in [0.25, 0.3) is 0 Å². The number of ether oxygens (including phenoxy) is 4. The second-order valence-corrected chi connectivity index (χ2v) is 9.04. The summed E-state index contributed by atoms with van der Waals surface area (Å²) in [4.78, 5) is 29.9. The fourth-order valence-electron chi connectivity index (χ4n) is 5.18. The molecule has 6 rings (SSSR count). The van der Waals surface area contributed by atoms with Gasteiger partial charge in [-0.25, -0.2) is 0 Å². The summed E-state index contributed by atoms with van der Waals surface area (Å²) in [6.07, 6.45) is 0.288. The van der Waals surface area contributed by atoms with Gasteiger partial charge in [-0.2, -0.15) is 0 Å². The molecule has 1 atom stereocenters. The molecule has 4 heterocycles. The third-order valence-electron chi connectivity index (χ3n) is 7.00. The van der Waals surface area contributed by atoms with E-state index in [0.717, 1.165) is 49.8 Å². The minimum atomic E-state index is -0.279. The second-order valence-electron chi connectivity index (χ2n) is 9.04. The zero-order chi connectivity index (χ0) is 22.4. The normalized spacial score (nSPS) is 25.7. The molecule has 4 aliphatic heterocycles. The van der Waals surface area contributed by atoms with Gasteiger partial charge in [0.15, 0.2) is 29.0 Å². The highest BCUT2D eigenvalue weighted by Gasteiger charge is 2.46. The van der Waals surface area contributed by atoms with Crippen molar-refractivity contribution in [1.82, 2.24) is 4.90 Å². The van der Waals surface area contributed by atoms with E-state index in [1.807, 2.05) is 24.3 Å². The number of rotatable bonds is 5. The number of carbonyl (C=O) groups excluding carboxylic acids is 2. The zero-order valence-electron chi connectivity index (χ0n) is 18.3. The third kappa shape index (κ3) is 3.87. The Kier molecular flexibility index (Phi) is 5.07. The molecule has 4 aliphatic rings. The van der Waals surface area contributed by atoms with Crippen molar-refractivity contribution in [2.75, 3.05) is 39.8 Å². The molecular weight excluding hydrogens is 426 g/mol. The van der Waals surface area contributed by atoms with Gasteiger partial charge in [0, 0.05) is 5.56 Å². The van der Waals surface area contributed by atoms with Crippen molar-refractivity contribution in [2.24, 2.45) is 0 Å². The highest BCUT2D eigenvalue weighted by Crippen LogP contribution is 2.33. The van der Waals surface area contributed by atoms with Gasteiger partial charge in [-0.3, -0.25) is 14.5 Å². The zero-order valence-corrected chi connectivity index (χ0v) is 18.3. The molecule has 9 nitrogen and oxygen atoms in total. The minimum Gasteiger partial charge on any atom is -0.454 e. The maximum atomic E-state index is 13.1. The fourth-order valence-corrected chi connectivity index (χ4v) is 5.18. The van der Waals surface area contributed by atoms with Crippen LogP contribution in [0.3, 0.4) is 0 Å². The van der Waals surface area contributed by atoms with E-state index in [9.17, 15) is 9.59 Å². The molecule has 0 bridgehead atoms. The van der Waals surface area contributed by atoms with Gasteiger partial charge in [0.05, 0.1) is 13.0 Å². The lowest BCUT2D eigenvalue weighted by Gasteiger charge is -2.32. The van der Waals surface area contributed by atoms with Crippen molar-refractivity contribution in [3.05, 3.63) is 47.5 Å². The lowest BCUT2D eigenvalue weighted by Crippen LogP contribution is -3.29. The van der Waals surface area contributed by atoms with Crippen molar-refractivity contribution in [3.8, 4) is 23.0 Å². The summed E-state index contributed by atoms with van der Waals surface area (Å²) in [6, 6.07) is 11.4. The van der Waals surface area contributed by atoms with Gasteiger partial charge < -0.3 is 28.7 Å². The molecule has 2 aromatic carbocycles. The lowest BCUT2D eigenvalue weighted by atomic mass is 10.1. The molecule has 0 unspecified atom stereocenters. The number of imide groups is 1. The summed E-state index contributed by atoms with van der Waals surface area (Å²) < 4.78 is 21.6. The van der Waals surface area contributed by atoms with Gasteiger partial charge in [0.2, 0.25) is 19.5 Å². The molecule has 2 aromatic rings. The Balaban J connectivity index is 1.05. The number of quaternary nitrogens is 2. The van der Waals surface area contributed by atoms with Gasteiger partial charge in [0.25, 0.3) is 5.91 Å². The molecule has 2 N–H and O–H groups in total. The Labute approximate surface area is 191 Å². The molecule has 0 aliphatic carbocycles. The van der Waals surface area contributed by atoms with Gasteiger partial charge in [-0.05, 0) is 35.9 Å². The first-order valence-electron chi connectivity index (χ1n) is 11.4. The van der Waals surface area contributed by atoms with Crippen molar-refractivity contribution in [3.63, 3.8) is 0 Å². The van der Waals surface area contributed by atoms with Gasteiger partial charge in [-0.1, -0.05) is 6.07 Å². The Morgan fingerprint density at radius 1 is 0.788 bits per heavy atom. The highest BCUT2D eigenvalue weighted by molar-refractivity contribution is 6.04. The summed E-state index contributed by atoms with van der Waals surface area (Å²) in [7, 11) is 0. The summed E-state index contributed by atoms with van der Waals surface area (Å²) in [6.45, 7) is 5.36. The predicted octanol–water partition coefficient (Wildman–Crippen LogP) is -1.24. The molecule has 0 spiro atoms. The lowest BCUT2D eigenvalue weighted by molar-refractivity contribution is -1.02. The van der Waals surface area contributed by atoms with Crippen molar-refractivity contribution in [2.45, 2.75) is 25.6 Å². The topological polar surface area (TPSA) is 83.2 Å². The van der Waals surface area contributed by atoms with Crippen LogP contribution in [-0.2, 0) is 22.7 Å². The molecule has 9 heteroatoms. The van der Waals surface area contributed by atoms with E-state index in [1.54, 1.807) is 0 Å². The Morgan fingerprint density at radius 3 is 2.09 bits per heavy atom. The Hall–Kier alpha value is -3.30. The standard InChI is InChI=1S/C24H25N3O6/c28-23-11-18(24(29)27(23)13-17-2-4-20-22(10-17)33-15-31-20)26-7-5-25(6-8-26)12-16-1-3-19-21(9-16)32-14-30-19/h1-4,9-10,18H,5-8,11-15H2/p+2/t18-/m1/s1. The first kappa shape index (κ1) is 20.3. The molecule has 33 heavy (non-hydrogen) atoms. The summed E-state index contributed by atoms with van der Waals surface area (Å²) in [5, 5.41) is 0. The predicted molar refractivity (Wildman–Crippen MR) is 114 cm³/mol. The number of benzene rings is 2. The van der Waals surface area contributed by atoms with E-state index in [4.69, 9.17) is 18.9 Å². The number of hydrogen-bond donors (Lipinski definition) is 2. The first-order valence-corrected chi connectivity index (χ1v) is 11.4. The minimum absolute atomic E-state index is 0.0631. The molecule has 2 fully saturated rings. The van der Waals surface area contributed by atoms with E-state index in [2.05, 4.69) is 12.1 Å². The van der Waals surface area contributed by atoms with Crippen LogP contribution in [0.4, 0.5) is 0 Å². The quantitative estimate of drug-likeness (QED) is 0.551.